The zero-order valence-electron chi connectivity index (χ0n) is 17.3. The summed E-state index contributed by atoms with van der Waals surface area (Å²) >= 11 is 0. The molecule has 1 aliphatic rings. The first-order chi connectivity index (χ1) is 12.8. The quantitative estimate of drug-likeness (QED) is 0.561. The van der Waals surface area contributed by atoms with Crippen molar-refractivity contribution in [1.29, 1.82) is 0 Å². The third-order valence-corrected chi connectivity index (χ3v) is 4.81. The number of morpholine rings is 1. The fourth-order valence-corrected chi connectivity index (χ4v) is 3.10. The Morgan fingerprint density at radius 3 is 2.56 bits per heavy atom. The van der Waals surface area contributed by atoms with E-state index in [1.807, 2.05) is 27.1 Å². The van der Waals surface area contributed by atoms with Gasteiger partial charge in [-0.15, -0.1) is 0 Å². The van der Waals surface area contributed by atoms with Crippen LogP contribution in [0.3, 0.4) is 0 Å². The number of anilines is 1. The van der Waals surface area contributed by atoms with Gasteiger partial charge in [0.05, 0.1) is 25.4 Å². The van der Waals surface area contributed by atoms with Crippen LogP contribution in [0.4, 0.5) is 10.1 Å². The van der Waals surface area contributed by atoms with Crippen LogP contribution in [0.1, 0.15) is 26.3 Å². The van der Waals surface area contributed by atoms with Crippen LogP contribution < -0.4 is 15.5 Å². The van der Waals surface area contributed by atoms with Gasteiger partial charge in [-0.2, -0.15) is 0 Å². The molecule has 1 aliphatic heterocycles. The third kappa shape index (κ3) is 6.36. The Kier molecular flexibility index (Phi) is 7.86. The second kappa shape index (κ2) is 9.90. The van der Waals surface area contributed by atoms with E-state index in [-0.39, 0.29) is 11.4 Å². The molecule has 0 radical (unpaired) electrons. The van der Waals surface area contributed by atoms with E-state index >= 15 is 0 Å². The van der Waals surface area contributed by atoms with Crippen LogP contribution >= 0.6 is 0 Å². The van der Waals surface area contributed by atoms with Crippen molar-refractivity contribution >= 4 is 11.6 Å². The monoisotopic (exact) mass is 379 g/mol. The summed E-state index contributed by atoms with van der Waals surface area (Å²) in [7, 11) is 3.67. The van der Waals surface area contributed by atoms with Crippen molar-refractivity contribution in [2.75, 3.05) is 58.4 Å². The molecule has 0 amide bonds. The van der Waals surface area contributed by atoms with E-state index in [4.69, 9.17) is 4.74 Å². The molecule has 1 aromatic carbocycles. The van der Waals surface area contributed by atoms with Crippen molar-refractivity contribution < 1.29 is 9.13 Å². The number of benzene rings is 1. The summed E-state index contributed by atoms with van der Waals surface area (Å²) in [6, 6.07) is 5.27. The summed E-state index contributed by atoms with van der Waals surface area (Å²) in [5.41, 5.74) is 1.43. The van der Waals surface area contributed by atoms with Gasteiger partial charge < -0.3 is 20.3 Å². The zero-order valence-corrected chi connectivity index (χ0v) is 17.3. The minimum absolute atomic E-state index is 0.000557. The molecule has 0 saturated carbocycles. The van der Waals surface area contributed by atoms with Gasteiger partial charge in [0.2, 0.25) is 0 Å². The Morgan fingerprint density at radius 1 is 1.26 bits per heavy atom. The second-order valence-electron chi connectivity index (χ2n) is 7.64. The van der Waals surface area contributed by atoms with Gasteiger partial charge in [-0.3, -0.25) is 4.90 Å². The number of halogens is 1. The van der Waals surface area contributed by atoms with Crippen molar-refractivity contribution in [3.63, 3.8) is 0 Å². The van der Waals surface area contributed by atoms with E-state index < -0.39 is 0 Å². The maximum atomic E-state index is 14.1. The maximum Gasteiger partial charge on any atom is 0.191 e. The minimum atomic E-state index is -0.223. The molecular formula is C20H34FN5O. The Hall–Kier alpha value is -1.86. The zero-order chi connectivity index (χ0) is 19.9. The number of hydrogen-bond acceptors (Lipinski definition) is 4. The average Bonchev–Trinajstić information content (AvgIpc) is 2.64. The Morgan fingerprint density at radius 2 is 1.96 bits per heavy atom. The SMILES string of the molecule is CCNC(=NCc1ccc(N(C)C)c(F)c1)NCC(C)(C)N1CCOCC1. The van der Waals surface area contributed by atoms with Crippen molar-refractivity contribution in [2.45, 2.75) is 32.9 Å². The molecule has 1 fully saturated rings. The highest BCUT2D eigenvalue weighted by molar-refractivity contribution is 5.79. The number of hydrogen-bond donors (Lipinski definition) is 2. The number of ether oxygens (including phenoxy) is 1. The standard InChI is InChI=1S/C20H34FN5O/c1-6-22-19(24-15-20(2,3)26-9-11-27-12-10-26)23-14-16-7-8-18(25(4)5)17(21)13-16/h7-8,13H,6,9-12,14-15H2,1-5H3,(H2,22,23,24). The molecule has 2 rings (SSSR count). The van der Waals surface area contributed by atoms with Crippen molar-refractivity contribution in [1.82, 2.24) is 15.5 Å². The van der Waals surface area contributed by atoms with Gasteiger partial charge in [0.15, 0.2) is 5.96 Å². The maximum absolute atomic E-state index is 14.1. The molecule has 2 N–H and O–H groups in total. The summed E-state index contributed by atoms with van der Waals surface area (Å²) in [5.74, 6) is 0.523. The summed E-state index contributed by atoms with van der Waals surface area (Å²) in [6.45, 7) is 11.9. The van der Waals surface area contributed by atoms with Crippen molar-refractivity contribution in [2.24, 2.45) is 4.99 Å². The first-order valence-electron chi connectivity index (χ1n) is 9.64. The summed E-state index contributed by atoms with van der Waals surface area (Å²) in [4.78, 5) is 8.82. The summed E-state index contributed by atoms with van der Waals surface area (Å²) < 4.78 is 19.6. The van der Waals surface area contributed by atoms with Gasteiger partial charge in [0.25, 0.3) is 0 Å². The molecule has 0 spiro atoms. The van der Waals surface area contributed by atoms with Crippen molar-refractivity contribution in [3.8, 4) is 0 Å². The highest BCUT2D eigenvalue weighted by atomic mass is 19.1. The normalized spacial score (nSPS) is 16.3. The molecule has 0 atom stereocenters. The average molecular weight is 380 g/mol. The molecule has 0 aliphatic carbocycles. The number of rotatable bonds is 7. The van der Waals surface area contributed by atoms with Crippen LogP contribution in [0.2, 0.25) is 0 Å². The van der Waals surface area contributed by atoms with E-state index in [0.717, 1.165) is 50.9 Å². The van der Waals surface area contributed by atoms with Gasteiger partial charge in [0.1, 0.15) is 5.82 Å². The number of nitrogens with zero attached hydrogens (tertiary/aromatic N) is 3. The molecule has 0 aromatic heterocycles. The molecule has 1 saturated heterocycles. The van der Waals surface area contributed by atoms with Gasteiger partial charge >= 0.3 is 0 Å². The smallest absolute Gasteiger partial charge is 0.191 e. The summed E-state index contributed by atoms with van der Waals surface area (Å²) in [6.07, 6.45) is 0. The van der Waals surface area contributed by atoms with Crippen LogP contribution in [0, 0.1) is 5.82 Å². The first-order valence-corrected chi connectivity index (χ1v) is 9.64. The first kappa shape index (κ1) is 21.4. The lowest BCUT2D eigenvalue weighted by atomic mass is 10.0. The van der Waals surface area contributed by atoms with E-state index in [2.05, 4.69) is 34.4 Å². The molecule has 0 bridgehead atoms. The molecule has 152 valence electrons. The topological polar surface area (TPSA) is 52.1 Å². The van der Waals surface area contributed by atoms with E-state index in [1.54, 1.807) is 17.0 Å². The predicted octanol–water partition coefficient (Wildman–Crippen LogP) is 2.06. The Balaban J connectivity index is 1.98. The van der Waals surface area contributed by atoms with Gasteiger partial charge in [-0.25, -0.2) is 9.38 Å². The van der Waals surface area contributed by atoms with Gasteiger partial charge in [-0.05, 0) is 38.5 Å². The summed E-state index contributed by atoms with van der Waals surface area (Å²) in [5, 5.41) is 6.69. The lowest BCUT2D eigenvalue weighted by molar-refractivity contribution is -0.00834. The third-order valence-electron chi connectivity index (χ3n) is 4.81. The lowest BCUT2D eigenvalue weighted by Gasteiger charge is -2.41. The van der Waals surface area contributed by atoms with Crippen molar-refractivity contribution in [3.05, 3.63) is 29.6 Å². The van der Waals surface area contributed by atoms with Gasteiger partial charge in [0, 0.05) is 45.8 Å². The minimum Gasteiger partial charge on any atom is -0.379 e. The molecule has 7 heteroatoms. The van der Waals surface area contributed by atoms with Crippen LogP contribution in [0.15, 0.2) is 23.2 Å². The molecule has 1 heterocycles. The molecule has 1 aromatic rings. The molecule has 27 heavy (non-hydrogen) atoms. The van der Waals surface area contributed by atoms with Crippen LogP contribution in [-0.4, -0.2) is 69.9 Å². The predicted molar refractivity (Wildman–Crippen MR) is 110 cm³/mol. The van der Waals surface area contributed by atoms with E-state index in [9.17, 15) is 4.39 Å². The number of guanidine groups is 1. The van der Waals surface area contributed by atoms with E-state index in [0.29, 0.717) is 12.2 Å². The van der Waals surface area contributed by atoms with Crippen LogP contribution in [0.5, 0.6) is 0 Å². The molecular weight excluding hydrogens is 345 g/mol. The van der Waals surface area contributed by atoms with Gasteiger partial charge in [-0.1, -0.05) is 6.07 Å². The fraction of sp³-hybridized carbons (Fsp3) is 0.650. The highest BCUT2D eigenvalue weighted by Gasteiger charge is 2.28. The second-order valence-corrected chi connectivity index (χ2v) is 7.64. The highest BCUT2D eigenvalue weighted by Crippen LogP contribution is 2.19. The van der Waals surface area contributed by atoms with E-state index in [1.165, 1.54) is 0 Å². The Labute approximate surface area is 162 Å². The largest absolute Gasteiger partial charge is 0.379 e. The fourth-order valence-electron chi connectivity index (χ4n) is 3.10. The molecule has 6 nitrogen and oxygen atoms in total. The molecule has 0 unspecified atom stereocenters. The lowest BCUT2D eigenvalue weighted by Crippen LogP contribution is -2.56. The number of nitrogens with one attached hydrogen (secondary N) is 2. The Bertz CT molecular complexity index is 627. The van der Waals surface area contributed by atoms with Crippen LogP contribution in [-0.2, 0) is 11.3 Å². The number of aliphatic imine (C=N–C) groups is 1. The van der Waals surface area contributed by atoms with Crippen LogP contribution in [0.25, 0.3) is 0 Å².